The molecular formula is C6H5BrF3N. The van der Waals surface area contributed by atoms with Crippen molar-refractivity contribution in [3.05, 3.63) is 24.5 Å². The lowest BCUT2D eigenvalue weighted by molar-refractivity contribution is -0.141. The quantitative estimate of drug-likeness (QED) is 0.651. The number of nitrogens with zero attached hydrogens (tertiary/aromatic N) is 1. The van der Waals surface area contributed by atoms with Crippen LogP contribution in [0.1, 0.15) is 4.95 Å². The van der Waals surface area contributed by atoms with Crippen molar-refractivity contribution >= 4 is 15.9 Å². The van der Waals surface area contributed by atoms with Gasteiger partial charge in [0, 0.05) is 12.4 Å². The van der Waals surface area contributed by atoms with E-state index in [4.69, 9.17) is 0 Å². The molecule has 0 saturated carbocycles. The average molecular weight is 228 g/mol. The summed E-state index contributed by atoms with van der Waals surface area (Å²) in [5, 5.41) is 0. The van der Waals surface area contributed by atoms with Crippen molar-refractivity contribution in [2.45, 2.75) is 11.1 Å². The molecule has 1 rings (SSSR count). The maximum Gasteiger partial charge on any atom is 0.419 e. The van der Waals surface area contributed by atoms with Crippen molar-refractivity contribution in [1.82, 2.24) is 4.57 Å². The van der Waals surface area contributed by atoms with Gasteiger partial charge in [-0.15, -0.1) is 0 Å². The summed E-state index contributed by atoms with van der Waals surface area (Å²) in [5.41, 5.74) is 0. The van der Waals surface area contributed by atoms with Gasteiger partial charge in [0.2, 0.25) is 0 Å². The summed E-state index contributed by atoms with van der Waals surface area (Å²) in [6, 6.07) is 3.08. The van der Waals surface area contributed by atoms with Gasteiger partial charge < -0.3 is 4.57 Å². The summed E-state index contributed by atoms with van der Waals surface area (Å²) in [6.45, 7) is 0. The molecule has 0 saturated heterocycles. The fourth-order valence-corrected chi connectivity index (χ4v) is 0.941. The molecule has 5 heteroatoms. The summed E-state index contributed by atoms with van der Waals surface area (Å²) in [6.07, 6.45) is -1.53. The highest BCUT2D eigenvalue weighted by atomic mass is 79.9. The minimum atomic E-state index is -4.24. The van der Waals surface area contributed by atoms with Gasteiger partial charge in [-0.25, -0.2) is 0 Å². The predicted octanol–water partition coefficient (Wildman–Crippen LogP) is 2.94. The first-order valence-electron chi connectivity index (χ1n) is 2.85. The van der Waals surface area contributed by atoms with Crippen LogP contribution in [0, 0.1) is 0 Å². The third-order valence-electron chi connectivity index (χ3n) is 1.16. The van der Waals surface area contributed by atoms with Crippen molar-refractivity contribution in [2.24, 2.45) is 0 Å². The second-order valence-corrected chi connectivity index (χ2v) is 2.88. The zero-order valence-corrected chi connectivity index (χ0v) is 6.93. The van der Waals surface area contributed by atoms with Crippen LogP contribution in [0.3, 0.4) is 0 Å². The molecule has 0 aliphatic carbocycles. The van der Waals surface area contributed by atoms with Gasteiger partial charge in [-0.05, 0) is 12.1 Å². The Morgan fingerprint density at radius 1 is 1.18 bits per heavy atom. The van der Waals surface area contributed by atoms with E-state index in [1.54, 1.807) is 12.1 Å². The van der Waals surface area contributed by atoms with Crippen molar-refractivity contribution in [3.8, 4) is 0 Å². The van der Waals surface area contributed by atoms with Gasteiger partial charge in [-0.1, -0.05) is 15.9 Å². The Kier molecular flexibility index (Phi) is 2.27. The van der Waals surface area contributed by atoms with Gasteiger partial charge in [0.15, 0.2) is 4.95 Å². The molecule has 11 heavy (non-hydrogen) atoms. The van der Waals surface area contributed by atoms with E-state index in [9.17, 15) is 13.2 Å². The standard InChI is InChI=1S/C6H5BrF3N/c7-5(6(8,9)10)11-3-1-2-4-11/h1-5H. The van der Waals surface area contributed by atoms with Crippen LogP contribution >= 0.6 is 15.9 Å². The molecule has 0 amide bonds. The van der Waals surface area contributed by atoms with Crippen LogP contribution in [0.5, 0.6) is 0 Å². The van der Waals surface area contributed by atoms with E-state index in [1.165, 1.54) is 12.4 Å². The maximum absolute atomic E-state index is 11.9. The molecule has 0 N–H and O–H groups in total. The van der Waals surface area contributed by atoms with Gasteiger partial charge in [-0.3, -0.25) is 0 Å². The minimum absolute atomic E-state index is 1.04. The summed E-state index contributed by atoms with van der Waals surface area (Å²) in [4.78, 5) is -1.62. The van der Waals surface area contributed by atoms with Crippen LogP contribution in [-0.4, -0.2) is 10.7 Å². The molecule has 0 spiro atoms. The van der Waals surface area contributed by atoms with Gasteiger partial charge in [0.05, 0.1) is 0 Å². The maximum atomic E-state index is 11.9. The second-order valence-electron chi connectivity index (χ2n) is 2.01. The molecule has 1 atom stereocenters. The summed E-state index contributed by atoms with van der Waals surface area (Å²) >= 11 is 2.52. The summed E-state index contributed by atoms with van der Waals surface area (Å²) < 4.78 is 36.9. The van der Waals surface area contributed by atoms with Crippen LogP contribution in [0.25, 0.3) is 0 Å². The van der Waals surface area contributed by atoms with Crippen LogP contribution in [0.4, 0.5) is 13.2 Å². The number of hydrogen-bond acceptors (Lipinski definition) is 0. The number of halogens is 4. The van der Waals surface area contributed by atoms with Gasteiger partial charge >= 0.3 is 6.18 Å². The van der Waals surface area contributed by atoms with E-state index in [0.29, 0.717) is 0 Å². The molecule has 1 aromatic rings. The van der Waals surface area contributed by atoms with E-state index in [0.717, 1.165) is 4.57 Å². The number of aromatic nitrogens is 1. The Morgan fingerprint density at radius 3 is 2.00 bits per heavy atom. The van der Waals surface area contributed by atoms with E-state index in [-0.39, 0.29) is 0 Å². The van der Waals surface area contributed by atoms with Crippen LogP contribution in [-0.2, 0) is 0 Å². The topological polar surface area (TPSA) is 4.93 Å². The fourth-order valence-electron chi connectivity index (χ4n) is 0.668. The zero-order valence-electron chi connectivity index (χ0n) is 5.35. The van der Waals surface area contributed by atoms with Crippen LogP contribution in [0.2, 0.25) is 0 Å². The Labute approximate surface area is 69.9 Å². The molecule has 0 aliphatic rings. The lowest BCUT2D eigenvalue weighted by atomic mass is 10.6. The molecule has 62 valence electrons. The Morgan fingerprint density at radius 2 is 1.64 bits per heavy atom. The van der Waals surface area contributed by atoms with Gasteiger partial charge in [0.25, 0.3) is 0 Å². The minimum Gasteiger partial charge on any atom is -0.333 e. The van der Waals surface area contributed by atoms with Crippen molar-refractivity contribution < 1.29 is 13.2 Å². The van der Waals surface area contributed by atoms with E-state index >= 15 is 0 Å². The molecule has 1 unspecified atom stereocenters. The molecule has 1 aromatic heterocycles. The molecule has 0 fully saturated rings. The first kappa shape index (κ1) is 8.64. The highest BCUT2D eigenvalue weighted by Gasteiger charge is 2.38. The normalized spacial score (nSPS) is 14.9. The smallest absolute Gasteiger partial charge is 0.333 e. The third-order valence-corrected chi connectivity index (χ3v) is 2.15. The molecule has 1 nitrogen and oxygen atoms in total. The monoisotopic (exact) mass is 227 g/mol. The van der Waals surface area contributed by atoms with Crippen molar-refractivity contribution in [1.29, 1.82) is 0 Å². The summed E-state index contributed by atoms with van der Waals surface area (Å²) in [5.74, 6) is 0. The molecule has 0 aliphatic heterocycles. The number of hydrogen-bond donors (Lipinski definition) is 0. The van der Waals surface area contributed by atoms with E-state index in [1.807, 2.05) is 0 Å². The third kappa shape index (κ3) is 1.99. The van der Waals surface area contributed by atoms with Crippen LogP contribution in [0.15, 0.2) is 24.5 Å². The lowest BCUT2D eigenvalue weighted by Gasteiger charge is -2.14. The Bertz CT molecular complexity index is 216. The zero-order chi connectivity index (χ0) is 8.48. The lowest BCUT2D eigenvalue weighted by Crippen LogP contribution is -2.19. The number of alkyl halides is 4. The SMILES string of the molecule is FC(F)(F)C(Br)n1cccc1. The molecule has 1 heterocycles. The number of rotatable bonds is 1. The molecule has 0 bridgehead atoms. The van der Waals surface area contributed by atoms with E-state index in [2.05, 4.69) is 15.9 Å². The summed E-state index contributed by atoms with van der Waals surface area (Å²) in [7, 11) is 0. The highest BCUT2D eigenvalue weighted by Crippen LogP contribution is 2.34. The van der Waals surface area contributed by atoms with E-state index < -0.39 is 11.1 Å². The molecular weight excluding hydrogens is 223 g/mol. The molecule has 0 aromatic carbocycles. The highest BCUT2D eigenvalue weighted by molar-refractivity contribution is 9.09. The van der Waals surface area contributed by atoms with Crippen molar-refractivity contribution in [3.63, 3.8) is 0 Å². The predicted molar refractivity (Wildman–Crippen MR) is 38.5 cm³/mol. The Hall–Kier alpha value is -0.450. The average Bonchev–Trinajstić information content (AvgIpc) is 2.34. The largest absolute Gasteiger partial charge is 0.419 e. The second kappa shape index (κ2) is 2.89. The Balaban J connectivity index is 2.78. The fraction of sp³-hybridized carbons (Fsp3) is 0.333. The molecule has 0 radical (unpaired) electrons. The van der Waals surface area contributed by atoms with Gasteiger partial charge in [-0.2, -0.15) is 13.2 Å². The first-order chi connectivity index (χ1) is 5.02. The van der Waals surface area contributed by atoms with Crippen LogP contribution < -0.4 is 0 Å². The first-order valence-corrected chi connectivity index (χ1v) is 3.76. The van der Waals surface area contributed by atoms with Gasteiger partial charge in [0.1, 0.15) is 0 Å². The van der Waals surface area contributed by atoms with Crippen molar-refractivity contribution in [2.75, 3.05) is 0 Å².